The summed E-state index contributed by atoms with van der Waals surface area (Å²) in [5.74, 6) is 0.535. The molecule has 1 aromatic heterocycles. The number of carbonyl (C=O) groups excluding carboxylic acids is 1. The molecule has 2 fully saturated rings. The second kappa shape index (κ2) is 8.59. The molecule has 8 heteroatoms. The van der Waals surface area contributed by atoms with Gasteiger partial charge >= 0.3 is 5.69 Å². The van der Waals surface area contributed by atoms with E-state index in [1.54, 1.807) is 40.9 Å². The van der Waals surface area contributed by atoms with Gasteiger partial charge in [0, 0.05) is 19.0 Å². The molecule has 30 heavy (non-hydrogen) atoms. The van der Waals surface area contributed by atoms with E-state index in [9.17, 15) is 19.5 Å². The summed E-state index contributed by atoms with van der Waals surface area (Å²) in [6.07, 6.45) is 6.70. The van der Waals surface area contributed by atoms with Crippen molar-refractivity contribution in [1.29, 1.82) is 0 Å². The third kappa shape index (κ3) is 3.83. The van der Waals surface area contributed by atoms with E-state index in [2.05, 4.69) is 4.98 Å². The van der Waals surface area contributed by atoms with Gasteiger partial charge in [-0.25, -0.2) is 9.36 Å². The van der Waals surface area contributed by atoms with E-state index < -0.39 is 22.9 Å². The first-order valence-electron chi connectivity index (χ1n) is 10.7. The molecule has 4 rings (SSSR count). The van der Waals surface area contributed by atoms with Crippen molar-refractivity contribution in [2.45, 2.75) is 50.2 Å². The Hall–Kier alpha value is -2.06. The molecule has 0 spiro atoms. The van der Waals surface area contributed by atoms with Crippen molar-refractivity contribution in [2.24, 2.45) is 5.92 Å². The first-order valence-corrected chi connectivity index (χ1v) is 12.1. The minimum Gasteiger partial charge on any atom is -0.389 e. The first kappa shape index (κ1) is 21.2. The van der Waals surface area contributed by atoms with E-state index in [1.165, 1.54) is 0 Å². The van der Waals surface area contributed by atoms with Crippen LogP contribution < -0.4 is 11.2 Å². The zero-order valence-electron chi connectivity index (χ0n) is 17.3. The minimum absolute atomic E-state index is 0.0664. The number of carbonyl (C=O) groups is 1. The molecule has 2 aromatic rings. The Morgan fingerprint density at radius 2 is 2.10 bits per heavy atom. The number of thioether (sulfide) groups is 1. The number of nitrogens with one attached hydrogen (secondary N) is 1. The molecule has 3 atom stereocenters. The zero-order valence-corrected chi connectivity index (χ0v) is 18.1. The molecule has 2 N–H and O–H groups in total. The van der Waals surface area contributed by atoms with Gasteiger partial charge in [-0.05, 0) is 49.8 Å². The van der Waals surface area contributed by atoms with Crippen molar-refractivity contribution in [2.75, 3.05) is 25.1 Å². The summed E-state index contributed by atoms with van der Waals surface area (Å²) in [5, 5.41) is 11.3. The molecule has 0 bridgehead atoms. The number of fused-ring (bicyclic) bond motifs is 2. The lowest BCUT2D eigenvalue weighted by molar-refractivity contribution is -0.146. The molecule has 0 radical (unpaired) electrons. The molecule has 1 aliphatic carbocycles. The van der Waals surface area contributed by atoms with E-state index in [1.807, 2.05) is 6.26 Å². The lowest BCUT2D eigenvalue weighted by atomic mass is 9.71. The molecule has 162 valence electrons. The van der Waals surface area contributed by atoms with E-state index in [0.717, 1.165) is 30.3 Å². The van der Waals surface area contributed by atoms with E-state index in [0.29, 0.717) is 42.6 Å². The highest BCUT2D eigenvalue weighted by molar-refractivity contribution is 7.98. The number of piperidine rings is 1. The van der Waals surface area contributed by atoms with Crippen molar-refractivity contribution >= 4 is 28.6 Å². The maximum Gasteiger partial charge on any atom is 0.329 e. The quantitative estimate of drug-likeness (QED) is 0.756. The molecule has 1 saturated heterocycles. The normalized spacial score (nSPS) is 25.1. The third-order valence-electron chi connectivity index (χ3n) is 6.77. The van der Waals surface area contributed by atoms with E-state index in [4.69, 9.17) is 0 Å². The van der Waals surface area contributed by atoms with Crippen molar-refractivity contribution in [3.63, 3.8) is 0 Å². The molecule has 3 unspecified atom stereocenters. The number of likely N-dealkylation sites (tertiary alicyclic amines) is 1. The van der Waals surface area contributed by atoms with Crippen molar-refractivity contribution in [1.82, 2.24) is 14.5 Å². The Kier molecular flexibility index (Phi) is 6.06. The predicted octanol–water partition coefficient (Wildman–Crippen LogP) is 2.14. The molecule has 1 saturated carbocycles. The SMILES string of the molecule is CSCCC(C(=O)N1CCC2(O)CCCCC2C1)n1c(=O)[nH]c2ccccc2c1=O. The van der Waals surface area contributed by atoms with Crippen LogP contribution in [-0.4, -0.2) is 56.2 Å². The summed E-state index contributed by atoms with van der Waals surface area (Å²) in [6.45, 7) is 0.952. The van der Waals surface area contributed by atoms with Gasteiger partial charge in [-0.15, -0.1) is 0 Å². The highest BCUT2D eigenvalue weighted by Gasteiger charge is 2.44. The lowest BCUT2D eigenvalue weighted by Gasteiger charge is -2.48. The monoisotopic (exact) mass is 431 g/mol. The third-order valence-corrected chi connectivity index (χ3v) is 7.41. The fourth-order valence-electron chi connectivity index (χ4n) is 5.03. The number of benzene rings is 1. The molecule has 7 nitrogen and oxygen atoms in total. The summed E-state index contributed by atoms with van der Waals surface area (Å²) in [7, 11) is 0. The van der Waals surface area contributed by atoms with Crippen LogP contribution in [0.25, 0.3) is 10.9 Å². The molecule has 1 amide bonds. The topological polar surface area (TPSA) is 95.4 Å². The average molecular weight is 432 g/mol. The minimum atomic E-state index is -0.840. The maximum atomic E-state index is 13.5. The Balaban J connectivity index is 1.68. The number of aromatic nitrogens is 2. The maximum absolute atomic E-state index is 13.5. The van der Waals surface area contributed by atoms with E-state index >= 15 is 0 Å². The Labute approximate surface area is 179 Å². The molecule has 1 aliphatic heterocycles. The highest BCUT2D eigenvalue weighted by atomic mass is 32.2. The number of H-pyrrole nitrogens is 1. The van der Waals surface area contributed by atoms with Crippen LogP contribution in [0.15, 0.2) is 33.9 Å². The fraction of sp³-hybridized carbons (Fsp3) is 0.591. The lowest BCUT2D eigenvalue weighted by Crippen LogP contribution is -2.56. The van der Waals surface area contributed by atoms with Gasteiger partial charge in [0.25, 0.3) is 5.56 Å². The summed E-state index contributed by atoms with van der Waals surface area (Å²) in [4.78, 5) is 44.0. The van der Waals surface area contributed by atoms with E-state index in [-0.39, 0.29) is 11.8 Å². The van der Waals surface area contributed by atoms with Crippen LogP contribution in [0.5, 0.6) is 0 Å². The average Bonchev–Trinajstić information content (AvgIpc) is 2.75. The Morgan fingerprint density at radius 3 is 2.90 bits per heavy atom. The summed E-state index contributed by atoms with van der Waals surface area (Å²) in [5.41, 5.74) is -1.18. The molecule has 1 aromatic carbocycles. The Morgan fingerprint density at radius 1 is 1.30 bits per heavy atom. The zero-order chi connectivity index (χ0) is 21.3. The number of amides is 1. The van der Waals surface area contributed by atoms with Gasteiger partial charge in [-0.2, -0.15) is 11.8 Å². The number of hydrogen-bond donors (Lipinski definition) is 2. The molecular weight excluding hydrogens is 402 g/mol. The van der Waals surface area contributed by atoms with Gasteiger partial charge in [-0.3, -0.25) is 9.59 Å². The van der Waals surface area contributed by atoms with Gasteiger partial charge < -0.3 is 15.0 Å². The number of hydrogen-bond acceptors (Lipinski definition) is 5. The highest BCUT2D eigenvalue weighted by Crippen LogP contribution is 2.40. The van der Waals surface area contributed by atoms with Crippen LogP contribution in [0, 0.1) is 5.92 Å². The standard InChI is InChI=1S/C22H29N3O4S/c1-30-13-9-18(25-19(26)16-7-2-3-8-17(16)23-21(25)28)20(27)24-12-11-22(29)10-5-4-6-15(22)14-24/h2-3,7-8,15,18,29H,4-6,9-14H2,1H3,(H,23,28). The Bertz CT molecular complexity index is 1050. The van der Waals surface area contributed by atoms with Crippen LogP contribution in [0.1, 0.15) is 44.6 Å². The molecule has 2 heterocycles. The first-order chi connectivity index (χ1) is 14.4. The summed E-state index contributed by atoms with van der Waals surface area (Å²) < 4.78 is 1.10. The number of aromatic amines is 1. The van der Waals surface area contributed by atoms with Crippen LogP contribution in [0.4, 0.5) is 0 Å². The summed E-state index contributed by atoms with van der Waals surface area (Å²) in [6, 6.07) is 6.03. The second-order valence-electron chi connectivity index (χ2n) is 8.53. The van der Waals surface area contributed by atoms with Gasteiger partial charge in [0.15, 0.2) is 0 Å². The second-order valence-corrected chi connectivity index (χ2v) is 9.51. The largest absolute Gasteiger partial charge is 0.389 e. The van der Waals surface area contributed by atoms with Gasteiger partial charge in [0.1, 0.15) is 6.04 Å². The van der Waals surface area contributed by atoms with Crippen LogP contribution in [-0.2, 0) is 4.79 Å². The van der Waals surface area contributed by atoms with Gasteiger partial charge in [-0.1, -0.05) is 25.0 Å². The summed E-state index contributed by atoms with van der Waals surface area (Å²) >= 11 is 1.58. The fourth-order valence-corrected chi connectivity index (χ4v) is 5.49. The number of nitrogens with zero attached hydrogens (tertiary/aromatic N) is 2. The van der Waals surface area contributed by atoms with Crippen molar-refractivity contribution in [3.05, 3.63) is 45.1 Å². The molecular formula is C22H29N3O4S. The van der Waals surface area contributed by atoms with Gasteiger partial charge in [0.05, 0.1) is 16.5 Å². The van der Waals surface area contributed by atoms with Crippen molar-refractivity contribution < 1.29 is 9.90 Å². The number of para-hydroxylation sites is 1. The van der Waals surface area contributed by atoms with Crippen LogP contribution >= 0.6 is 11.8 Å². The predicted molar refractivity (Wildman–Crippen MR) is 119 cm³/mol. The van der Waals surface area contributed by atoms with Crippen molar-refractivity contribution in [3.8, 4) is 0 Å². The number of aliphatic hydroxyl groups is 1. The van der Waals surface area contributed by atoms with Crippen LogP contribution in [0.3, 0.4) is 0 Å². The smallest absolute Gasteiger partial charge is 0.329 e. The van der Waals surface area contributed by atoms with Crippen LogP contribution in [0.2, 0.25) is 0 Å². The van der Waals surface area contributed by atoms with Gasteiger partial charge in [0.2, 0.25) is 5.91 Å². The number of rotatable bonds is 5. The molecule has 2 aliphatic rings.